The normalized spacial score (nSPS) is 11.5. The topological polar surface area (TPSA) is 27.7 Å². The number of benzene rings is 1. The first-order valence-corrected chi connectivity index (χ1v) is 10.9. The minimum absolute atomic E-state index is 0.827. The lowest BCUT2D eigenvalue weighted by molar-refractivity contribution is 0.230. The average molecular weight is 325 g/mol. The second-order valence-electron chi connectivity index (χ2n) is 5.66. The van der Waals surface area contributed by atoms with Crippen molar-refractivity contribution in [1.29, 1.82) is 0 Å². The quantitative estimate of drug-likeness (QED) is 0.373. The van der Waals surface area contributed by atoms with Gasteiger partial charge in [0.05, 0.1) is 7.11 Å². The molecule has 1 rings (SSSR count). The first-order valence-electron chi connectivity index (χ1n) is 8.66. The van der Waals surface area contributed by atoms with Crippen LogP contribution in [0.25, 0.3) is 0 Å². The lowest BCUT2D eigenvalue weighted by Gasteiger charge is -2.29. The van der Waals surface area contributed by atoms with Gasteiger partial charge in [-0.2, -0.15) is 0 Å². The van der Waals surface area contributed by atoms with Crippen molar-refractivity contribution in [2.24, 2.45) is 0 Å². The van der Waals surface area contributed by atoms with Crippen molar-refractivity contribution in [2.45, 2.75) is 65.0 Å². The summed E-state index contributed by atoms with van der Waals surface area (Å²) >= 11 is 0. The van der Waals surface area contributed by atoms with Crippen molar-refractivity contribution in [3.05, 3.63) is 24.3 Å². The van der Waals surface area contributed by atoms with Crippen LogP contribution in [0.5, 0.6) is 11.5 Å². The highest BCUT2D eigenvalue weighted by Crippen LogP contribution is 2.25. The van der Waals surface area contributed by atoms with Gasteiger partial charge in [-0.05, 0) is 42.8 Å². The van der Waals surface area contributed by atoms with Gasteiger partial charge in [0.25, 0.3) is 0 Å². The van der Waals surface area contributed by atoms with Crippen LogP contribution in [0.1, 0.15) is 52.9 Å². The molecule has 0 spiro atoms. The molecule has 0 heterocycles. The van der Waals surface area contributed by atoms with Crippen molar-refractivity contribution in [3.8, 4) is 11.5 Å². The fraction of sp³-hybridized carbons (Fsp3) is 0.667. The molecular formula is C18H32O3Si. The van der Waals surface area contributed by atoms with Crippen LogP contribution in [0.15, 0.2) is 24.3 Å². The molecule has 0 saturated carbocycles. The first kappa shape index (κ1) is 19.0. The maximum atomic E-state index is 6.29. The molecule has 0 aromatic heterocycles. The monoisotopic (exact) mass is 324 g/mol. The van der Waals surface area contributed by atoms with E-state index < -0.39 is 8.56 Å². The summed E-state index contributed by atoms with van der Waals surface area (Å²) in [4.78, 5) is 0. The number of unbranched alkanes of at least 4 members (excludes halogenated alkanes) is 4. The number of hydrogen-bond acceptors (Lipinski definition) is 3. The van der Waals surface area contributed by atoms with E-state index in [4.69, 9.17) is 13.6 Å². The smallest absolute Gasteiger partial charge is 0.398 e. The predicted molar refractivity (Wildman–Crippen MR) is 95.0 cm³/mol. The molecule has 0 aliphatic heterocycles. The molecule has 0 N–H and O–H groups in total. The molecule has 0 fully saturated rings. The molecule has 0 unspecified atom stereocenters. The van der Waals surface area contributed by atoms with E-state index in [1.165, 1.54) is 25.7 Å². The standard InChI is InChI=1S/C18H32O3Si/c1-5-8-9-10-11-16-20-22(6-2,7-3)21-18-14-12-17(19-4)13-15-18/h12-15H,5-11,16H2,1-4H3. The van der Waals surface area contributed by atoms with Crippen LogP contribution in [0.3, 0.4) is 0 Å². The number of methoxy groups -OCH3 is 1. The second-order valence-corrected chi connectivity index (χ2v) is 9.39. The van der Waals surface area contributed by atoms with E-state index in [9.17, 15) is 0 Å². The van der Waals surface area contributed by atoms with Gasteiger partial charge in [-0.3, -0.25) is 0 Å². The van der Waals surface area contributed by atoms with Crippen molar-refractivity contribution in [3.63, 3.8) is 0 Å². The lowest BCUT2D eigenvalue weighted by atomic mass is 10.2. The Hall–Kier alpha value is -1.00. The van der Waals surface area contributed by atoms with Crippen LogP contribution >= 0.6 is 0 Å². The SMILES string of the molecule is CCCCCCCO[Si](CC)(CC)Oc1ccc(OC)cc1. The first-order chi connectivity index (χ1) is 10.7. The Morgan fingerprint density at radius 1 is 0.818 bits per heavy atom. The minimum Gasteiger partial charge on any atom is -0.520 e. The van der Waals surface area contributed by atoms with E-state index in [0.29, 0.717) is 0 Å². The molecular weight excluding hydrogens is 292 g/mol. The molecule has 126 valence electrons. The second kappa shape index (κ2) is 10.7. The summed E-state index contributed by atoms with van der Waals surface area (Å²) in [6.07, 6.45) is 6.32. The molecule has 1 aromatic rings. The third-order valence-electron chi connectivity index (χ3n) is 4.05. The molecule has 0 aliphatic rings. The molecule has 0 atom stereocenters. The van der Waals surface area contributed by atoms with E-state index >= 15 is 0 Å². The maximum Gasteiger partial charge on any atom is 0.398 e. The predicted octanol–water partition coefficient (Wildman–Crippen LogP) is 5.54. The summed E-state index contributed by atoms with van der Waals surface area (Å²) < 4.78 is 17.7. The van der Waals surface area contributed by atoms with Gasteiger partial charge in [-0.15, -0.1) is 0 Å². The summed E-state index contributed by atoms with van der Waals surface area (Å²) in [5, 5.41) is 0. The fourth-order valence-electron chi connectivity index (χ4n) is 2.45. The zero-order valence-corrected chi connectivity index (χ0v) is 15.7. The largest absolute Gasteiger partial charge is 0.520 e. The van der Waals surface area contributed by atoms with E-state index in [0.717, 1.165) is 36.6 Å². The van der Waals surface area contributed by atoms with E-state index in [-0.39, 0.29) is 0 Å². The number of rotatable bonds is 12. The highest BCUT2D eigenvalue weighted by Gasteiger charge is 2.35. The fourth-order valence-corrected chi connectivity index (χ4v) is 4.79. The molecule has 22 heavy (non-hydrogen) atoms. The highest BCUT2D eigenvalue weighted by atomic mass is 28.4. The third kappa shape index (κ3) is 6.40. The Morgan fingerprint density at radius 3 is 1.95 bits per heavy atom. The summed E-state index contributed by atoms with van der Waals surface area (Å²) in [5.41, 5.74) is 0. The van der Waals surface area contributed by atoms with Crippen LogP contribution in [-0.2, 0) is 4.43 Å². The summed E-state index contributed by atoms with van der Waals surface area (Å²) in [5.74, 6) is 1.74. The molecule has 3 nitrogen and oxygen atoms in total. The zero-order chi connectivity index (χ0) is 16.3. The molecule has 0 saturated heterocycles. The molecule has 0 bridgehead atoms. The third-order valence-corrected chi connectivity index (χ3v) is 7.55. The number of hydrogen-bond donors (Lipinski definition) is 0. The van der Waals surface area contributed by atoms with Crippen LogP contribution in [0, 0.1) is 0 Å². The van der Waals surface area contributed by atoms with E-state index in [2.05, 4.69) is 20.8 Å². The Balaban J connectivity index is 2.50. The van der Waals surface area contributed by atoms with Gasteiger partial charge in [0.15, 0.2) is 0 Å². The zero-order valence-electron chi connectivity index (χ0n) is 14.7. The average Bonchev–Trinajstić information content (AvgIpc) is 2.57. The van der Waals surface area contributed by atoms with Crippen LogP contribution in [-0.4, -0.2) is 22.3 Å². The van der Waals surface area contributed by atoms with Crippen LogP contribution < -0.4 is 9.16 Å². The van der Waals surface area contributed by atoms with Crippen molar-refractivity contribution >= 4 is 8.56 Å². The molecule has 0 amide bonds. The van der Waals surface area contributed by atoms with E-state index in [1.54, 1.807) is 7.11 Å². The summed E-state index contributed by atoms with van der Waals surface area (Å²) in [6.45, 7) is 7.42. The van der Waals surface area contributed by atoms with Crippen molar-refractivity contribution < 1.29 is 13.6 Å². The van der Waals surface area contributed by atoms with E-state index in [1.807, 2.05) is 24.3 Å². The Bertz CT molecular complexity index is 388. The van der Waals surface area contributed by atoms with Gasteiger partial charge in [0.1, 0.15) is 11.5 Å². The molecule has 0 radical (unpaired) electrons. The Morgan fingerprint density at radius 2 is 1.41 bits per heavy atom. The van der Waals surface area contributed by atoms with Crippen LogP contribution in [0.2, 0.25) is 12.1 Å². The molecule has 0 aliphatic carbocycles. The van der Waals surface area contributed by atoms with Gasteiger partial charge in [0.2, 0.25) is 0 Å². The molecule has 4 heteroatoms. The minimum atomic E-state index is -2.12. The number of ether oxygens (including phenoxy) is 1. The summed E-state index contributed by atoms with van der Waals surface area (Å²) in [7, 11) is -0.446. The van der Waals surface area contributed by atoms with Gasteiger partial charge in [0, 0.05) is 6.61 Å². The Labute approximate surface area is 137 Å². The molecule has 1 aromatic carbocycles. The maximum absolute atomic E-state index is 6.29. The van der Waals surface area contributed by atoms with Gasteiger partial charge >= 0.3 is 8.56 Å². The van der Waals surface area contributed by atoms with Gasteiger partial charge in [-0.25, -0.2) is 0 Å². The Kier molecular flexibility index (Phi) is 9.24. The van der Waals surface area contributed by atoms with Gasteiger partial charge < -0.3 is 13.6 Å². The summed E-state index contributed by atoms with van der Waals surface area (Å²) in [6, 6.07) is 9.76. The van der Waals surface area contributed by atoms with Gasteiger partial charge in [-0.1, -0.05) is 46.5 Å². The van der Waals surface area contributed by atoms with Crippen molar-refractivity contribution in [2.75, 3.05) is 13.7 Å². The van der Waals surface area contributed by atoms with Crippen molar-refractivity contribution in [1.82, 2.24) is 0 Å². The van der Waals surface area contributed by atoms with Crippen LogP contribution in [0.4, 0.5) is 0 Å². The lowest BCUT2D eigenvalue weighted by Crippen LogP contribution is -2.44. The highest BCUT2D eigenvalue weighted by molar-refractivity contribution is 6.68.